The second kappa shape index (κ2) is 7.73. The summed E-state index contributed by atoms with van der Waals surface area (Å²) < 4.78 is 13.9. The summed E-state index contributed by atoms with van der Waals surface area (Å²) in [5.41, 5.74) is 14.6. The quantitative estimate of drug-likeness (QED) is 0.475. The van der Waals surface area contributed by atoms with Crippen LogP contribution in [0.3, 0.4) is 0 Å². The minimum absolute atomic E-state index is 0.121. The van der Waals surface area contributed by atoms with Crippen molar-refractivity contribution in [3.05, 3.63) is 56.4 Å². The van der Waals surface area contributed by atoms with Crippen molar-refractivity contribution in [2.75, 3.05) is 11.5 Å². The first-order valence-corrected chi connectivity index (χ1v) is 9.62. The minimum atomic E-state index is -0.411. The molecule has 0 amide bonds. The number of aryl methyl sites for hydroxylation is 1. The molecule has 26 heavy (non-hydrogen) atoms. The Hall–Kier alpha value is -1.96. The fraction of sp³-hybridized carbons (Fsp3) is 0.222. The van der Waals surface area contributed by atoms with Crippen LogP contribution in [0.1, 0.15) is 29.2 Å². The molecule has 1 aliphatic rings. The molecule has 4 rings (SSSR count). The average molecular weight is 409 g/mol. The molecule has 3 aromatic rings. The zero-order valence-corrected chi connectivity index (χ0v) is 16.4. The van der Waals surface area contributed by atoms with Crippen molar-refractivity contribution in [1.82, 2.24) is 9.97 Å². The Morgan fingerprint density at radius 2 is 2.04 bits per heavy atom. The number of hydrogen-bond acceptors (Lipinski definition) is 5. The molecular weight excluding hydrogens is 391 g/mol. The summed E-state index contributed by atoms with van der Waals surface area (Å²) in [5, 5.41) is 0.679. The van der Waals surface area contributed by atoms with E-state index < -0.39 is 5.82 Å². The first-order chi connectivity index (χ1) is 12.3. The van der Waals surface area contributed by atoms with Crippen LogP contribution in [0.5, 0.6) is 0 Å². The van der Waals surface area contributed by atoms with E-state index in [1.54, 1.807) is 18.3 Å². The molecular formula is C18H18ClFN4S2. The third-order valence-electron chi connectivity index (χ3n) is 3.92. The van der Waals surface area contributed by atoms with Crippen LogP contribution in [0.15, 0.2) is 30.5 Å². The average Bonchev–Trinajstić information content (AvgIpc) is 3.37. The van der Waals surface area contributed by atoms with E-state index in [1.807, 2.05) is 13.0 Å². The Kier molecular flexibility index (Phi) is 5.60. The van der Waals surface area contributed by atoms with Gasteiger partial charge < -0.3 is 16.5 Å². The summed E-state index contributed by atoms with van der Waals surface area (Å²) in [6, 6.07) is 6.52. The number of thiazole rings is 1. The lowest BCUT2D eigenvalue weighted by Gasteiger charge is -2.02. The number of halogens is 2. The number of rotatable bonds is 2. The largest absolute Gasteiger partial charge is 0.398 e. The molecule has 1 aliphatic carbocycles. The summed E-state index contributed by atoms with van der Waals surface area (Å²) in [5.74, 6) is 0.162. The standard InChI is InChI=1S/C12H10ClFN2S.C6H8N2S/c13-8-5-7(3-4-9(8)14)10-11(6-1-2-6)17-12(15)16-10;1-4-2-5(7)3-8-6(4)9/h3-6H,1-2H2,(H2,15,16);2-3H,7H2,1H3,(H,8,9). The van der Waals surface area contributed by atoms with Gasteiger partial charge in [0.25, 0.3) is 0 Å². The topological polar surface area (TPSA) is 80.7 Å². The lowest BCUT2D eigenvalue weighted by atomic mass is 10.1. The van der Waals surface area contributed by atoms with E-state index in [-0.39, 0.29) is 5.02 Å². The van der Waals surface area contributed by atoms with Crippen molar-refractivity contribution in [3.8, 4) is 11.3 Å². The molecule has 1 aromatic carbocycles. The van der Waals surface area contributed by atoms with Crippen molar-refractivity contribution in [2.45, 2.75) is 25.7 Å². The molecule has 0 aliphatic heterocycles. The van der Waals surface area contributed by atoms with E-state index in [9.17, 15) is 4.39 Å². The molecule has 0 unspecified atom stereocenters. The van der Waals surface area contributed by atoms with Crippen LogP contribution < -0.4 is 11.5 Å². The predicted octanol–water partition coefficient (Wildman–Crippen LogP) is 5.70. The van der Waals surface area contributed by atoms with Gasteiger partial charge in [0.05, 0.1) is 10.7 Å². The summed E-state index contributed by atoms with van der Waals surface area (Å²) in [7, 11) is 0. The van der Waals surface area contributed by atoms with Gasteiger partial charge in [-0.15, -0.1) is 11.3 Å². The van der Waals surface area contributed by atoms with Crippen molar-refractivity contribution < 1.29 is 4.39 Å². The van der Waals surface area contributed by atoms with Crippen molar-refractivity contribution >= 4 is 46.0 Å². The number of benzene rings is 1. The molecule has 0 atom stereocenters. The van der Waals surface area contributed by atoms with Gasteiger partial charge in [0.15, 0.2) is 5.13 Å². The number of aromatic amines is 1. The molecule has 0 spiro atoms. The minimum Gasteiger partial charge on any atom is -0.398 e. The van der Waals surface area contributed by atoms with E-state index in [0.717, 1.165) is 27.1 Å². The van der Waals surface area contributed by atoms with Crippen LogP contribution in [0.25, 0.3) is 11.3 Å². The maximum absolute atomic E-state index is 13.1. The molecule has 0 radical (unpaired) electrons. The predicted molar refractivity (Wildman–Crippen MR) is 110 cm³/mol. The van der Waals surface area contributed by atoms with Gasteiger partial charge in [-0.2, -0.15) is 0 Å². The fourth-order valence-electron chi connectivity index (χ4n) is 2.44. The molecule has 0 saturated heterocycles. The smallest absolute Gasteiger partial charge is 0.180 e. The van der Waals surface area contributed by atoms with E-state index in [4.69, 9.17) is 35.3 Å². The zero-order chi connectivity index (χ0) is 18.8. The van der Waals surface area contributed by atoms with Gasteiger partial charge in [-0.1, -0.05) is 23.8 Å². The van der Waals surface area contributed by atoms with Gasteiger partial charge in [0.1, 0.15) is 10.5 Å². The van der Waals surface area contributed by atoms with Crippen LogP contribution in [-0.2, 0) is 0 Å². The van der Waals surface area contributed by atoms with E-state index >= 15 is 0 Å². The molecule has 2 aromatic heterocycles. The third-order valence-corrected chi connectivity index (χ3v) is 5.70. The van der Waals surface area contributed by atoms with Gasteiger partial charge in [0.2, 0.25) is 0 Å². The number of nitrogen functional groups attached to an aromatic ring is 2. The molecule has 5 N–H and O–H groups in total. The van der Waals surface area contributed by atoms with Crippen LogP contribution in [0.2, 0.25) is 5.02 Å². The number of H-pyrrole nitrogens is 1. The number of pyridine rings is 1. The number of nitrogens with zero attached hydrogens (tertiary/aromatic N) is 1. The Labute approximate surface area is 165 Å². The van der Waals surface area contributed by atoms with Gasteiger partial charge in [-0.25, -0.2) is 9.37 Å². The van der Waals surface area contributed by atoms with Crippen LogP contribution in [0.4, 0.5) is 15.2 Å². The second-order valence-corrected chi connectivity index (χ2v) is 7.99. The zero-order valence-electron chi connectivity index (χ0n) is 14.1. The second-order valence-electron chi connectivity index (χ2n) is 6.11. The monoisotopic (exact) mass is 408 g/mol. The highest BCUT2D eigenvalue weighted by Crippen LogP contribution is 2.48. The summed E-state index contributed by atoms with van der Waals surface area (Å²) >= 11 is 12.2. The number of aromatic nitrogens is 2. The van der Waals surface area contributed by atoms with Gasteiger partial charge in [-0.3, -0.25) is 0 Å². The SMILES string of the molecule is Cc1cc(N)c[nH]c1=S.Nc1nc(-c2ccc(F)c(Cl)c2)c(C2CC2)s1. The maximum Gasteiger partial charge on any atom is 0.180 e. The summed E-state index contributed by atoms with van der Waals surface area (Å²) in [6.45, 7) is 1.93. The number of nitrogens with two attached hydrogens (primary N) is 2. The van der Waals surface area contributed by atoms with Crippen LogP contribution in [-0.4, -0.2) is 9.97 Å². The molecule has 1 fully saturated rings. The fourth-order valence-corrected chi connectivity index (χ4v) is 3.76. The van der Waals surface area contributed by atoms with E-state index in [2.05, 4.69) is 9.97 Å². The van der Waals surface area contributed by atoms with Gasteiger partial charge in [-0.05, 0) is 55.5 Å². The van der Waals surface area contributed by atoms with E-state index in [1.165, 1.54) is 35.1 Å². The lowest BCUT2D eigenvalue weighted by Crippen LogP contribution is -1.87. The Morgan fingerprint density at radius 1 is 1.31 bits per heavy atom. The summed E-state index contributed by atoms with van der Waals surface area (Å²) in [6.07, 6.45) is 4.06. The highest BCUT2D eigenvalue weighted by molar-refractivity contribution is 7.71. The van der Waals surface area contributed by atoms with Gasteiger partial charge >= 0.3 is 0 Å². The van der Waals surface area contributed by atoms with Crippen molar-refractivity contribution in [1.29, 1.82) is 0 Å². The molecule has 1 saturated carbocycles. The molecule has 8 heteroatoms. The number of nitrogens with one attached hydrogen (secondary N) is 1. The first kappa shape index (κ1) is 18.8. The van der Waals surface area contributed by atoms with Crippen molar-refractivity contribution in [2.24, 2.45) is 0 Å². The highest BCUT2D eigenvalue weighted by Gasteiger charge is 2.29. The lowest BCUT2D eigenvalue weighted by molar-refractivity contribution is 0.628. The molecule has 4 nitrogen and oxygen atoms in total. The molecule has 2 heterocycles. The number of anilines is 2. The van der Waals surface area contributed by atoms with Crippen molar-refractivity contribution in [3.63, 3.8) is 0 Å². The van der Waals surface area contributed by atoms with Gasteiger partial charge in [0, 0.05) is 22.3 Å². The van der Waals surface area contributed by atoms with E-state index in [0.29, 0.717) is 11.0 Å². The normalized spacial score (nSPS) is 13.2. The first-order valence-electron chi connectivity index (χ1n) is 8.01. The highest BCUT2D eigenvalue weighted by atomic mass is 35.5. The number of hydrogen-bond donors (Lipinski definition) is 3. The maximum atomic E-state index is 13.1. The molecule has 0 bridgehead atoms. The Morgan fingerprint density at radius 3 is 2.62 bits per heavy atom. The van der Waals surface area contributed by atoms with Crippen LogP contribution in [0, 0.1) is 17.4 Å². The summed E-state index contributed by atoms with van der Waals surface area (Å²) in [4.78, 5) is 8.38. The van der Waals surface area contributed by atoms with Crippen LogP contribution >= 0.6 is 35.2 Å². The Bertz CT molecular complexity index is 995. The third kappa shape index (κ3) is 4.41. The molecule has 136 valence electrons. The Balaban J connectivity index is 0.000000185.